The molecule has 1 atom stereocenters. The van der Waals surface area contributed by atoms with E-state index in [1.807, 2.05) is 0 Å². The number of carbonyl (C=O) groups excluding carboxylic acids is 1. The van der Waals surface area contributed by atoms with Crippen molar-refractivity contribution >= 4 is 5.91 Å². The zero-order valence-corrected chi connectivity index (χ0v) is 12.8. The van der Waals surface area contributed by atoms with Gasteiger partial charge in [0.2, 0.25) is 5.91 Å². The number of nitrogens with one attached hydrogen (secondary N) is 1. The molecule has 1 saturated heterocycles. The quantitative estimate of drug-likeness (QED) is 0.823. The van der Waals surface area contributed by atoms with E-state index < -0.39 is 0 Å². The van der Waals surface area contributed by atoms with Gasteiger partial charge in [0.25, 0.3) is 0 Å². The second-order valence-corrected chi connectivity index (χ2v) is 7.88. The molecule has 4 bridgehead atoms. The topological polar surface area (TPSA) is 52.6 Å². The van der Waals surface area contributed by atoms with Crippen molar-refractivity contribution in [3.63, 3.8) is 0 Å². The first-order valence-electron chi connectivity index (χ1n) is 8.90. The Bertz CT molecular complexity index is 384. The van der Waals surface area contributed by atoms with Crippen molar-refractivity contribution < 1.29 is 9.90 Å². The molecule has 5 fully saturated rings. The van der Waals surface area contributed by atoms with Gasteiger partial charge in [-0.25, -0.2) is 0 Å². The number of β-amino-alcohol motifs (C(OH)–C–C–N with tert-alkyl or cyclic N) is 1. The molecule has 4 heteroatoms. The van der Waals surface area contributed by atoms with Gasteiger partial charge >= 0.3 is 0 Å². The fraction of sp³-hybridized carbons (Fsp3) is 0.941. The maximum atomic E-state index is 12.7. The molecule has 5 rings (SSSR count). The van der Waals surface area contributed by atoms with Gasteiger partial charge in [0.05, 0.1) is 12.6 Å². The van der Waals surface area contributed by atoms with Gasteiger partial charge in [-0.2, -0.15) is 0 Å². The predicted octanol–water partition coefficient (Wildman–Crippen LogP) is 1.38. The lowest BCUT2D eigenvalue weighted by Crippen LogP contribution is -2.58. The summed E-state index contributed by atoms with van der Waals surface area (Å²) in [5, 5.41) is 12.6. The normalized spacial score (nSPS) is 45.2. The highest BCUT2D eigenvalue weighted by Crippen LogP contribution is 2.53. The van der Waals surface area contributed by atoms with E-state index in [2.05, 4.69) is 10.2 Å². The first kappa shape index (κ1) is 14.0. The van der Waals surface area contributed by atoms with Crippen LogP contribution in [-0.4, -0.2) is 47.7 Å². The lowest BCUT2D eigenvalue weighted by atomic mass is 9.54. The highest BCUT2D eigenvalue weighted by Gasteiger charge is 2.49. The van der Waals surface area contributed by atoms with E-state index in [9.17, 15) is 4.79 Å². The van der Waals surface area contributed by atoms with Crippen LogP contribution in [0.3, 0.4) is 0 Å². The molecule has 1 heterocycles. The van der Waals surface area contributed by atoms with Crippen LogP contribution in [0.2, 0.25) is 0 Å². The second kappa shape index (κ2) is 5.54. The molecular formula is C17H28N2O2. The van der Waals surface area contributed by atoms with Gasteiger partial charge in [0.15, 0.2) is 0 Å². The Balaban J connectivity index is 1.40. The van der Waals surface area contributed by atoms with Crippen LogP contribution in [0.4, 0.5) is 0 Å². The molecule has 0 unspecified atom stereocenters. The third-order valence-corrected chi connectivity index (χ3v) is 6.59. The first-order valence-corrected chi connectivity index (χ1v) is 8.90. The average Bonchev–Trinajstić information content (AvgIpc) is 2.90. The third kappa shape index (κ3) is 2.50. The summed E-state index contributed by atoms with van der Waals surface area (Å²) < 4.78 is 0. The van der Waals surface area contributed by atoms with Crippen molar-refractivity contribution in [2.75, 3.05) is 19.7 Å². The lowest BCUT2D eigenvalue weighted by Gasteiger charge is -2.54. The van der Waals surface area contributed by atoms with Crippen molar-refractivity contribution in [2.45, 2.75) is 57.0 Å². The molecule has 4 aliphatic carbocycles. The Morgan fingerprint density at radius 3 is 2.38 bits per heavy atom. The van der Waals surface area contributed by atoms with E-state index >= 15 is 0 Å². The molecule has 0 aromatic rings. The van der Waals surface area contributed by atoms with Crippen LogP contribution in [0.15, 0.2) is 0 Å². The number of hydrogen-bond acceptors (Lipinski definition) is 3. The van der Waals surface area contributed by atoms with E-state index in [0.29, 0.717) is 12.6 Å². The Labute approximate surface area is 127 Å². The van der Waals surface area contributed by atoms with Crippen molar-refractivity contribution in [1.29, 1.82) is 0 Å². The minimum absolute atomic E-state index is 0.00865. The van der Waals surface area contributed by atoms with Crippen LogP contribution in [0, 0.1) is 23.7 Å². The monoisotopic (exact) mass is 292 g/mol. The van der Waals surface area contributed by atoms with E-state index in [1.165, 1.54) is 32.1 Å². The summed E-state index contributed by atoms with van der Waals surface area (Å²) in [5.74, 6) is 3.64. The van der Waals surface area contributed by atoms with Gasteiger partial charge in [0.1, 0.15) is 0 Å². The number of carbonyl (C=O) groups is 1. The number of amides is 1. The average molecular weight is 292 g/mol. The zero-order valence-electron chi connectivity index (χ0n) is 12.8. The van der Waals surface area contributed by atoms with E-state index in [1.54, 1.807) is 0 Å². The summed E-state index contributed by atoms with van der Waals surface area (Å²) in [7, 11) is 0. The fourth-order valence-corrected chi connectivity index (χ4v) is 5.94. The first-order chi connectivity index (χ1) is 10.2. The molecule has 4 nitrogen and oxygen atoms in total. The second-order valence-electron chi connectivity index (χ2n) is 7.88. The SMILES string of the molecule is O=C(NC1C2CC3CC(C2)CC1C3)[C@H]1CCCN1CCO. The molecule has 0 aromatic carbocycles. The van der Waals surface area contributed by atoms with Gasteiger partial charge < -0.3 is 10.4 Å². The Kier molecular flexibility index (Phi) is 3.70. The summed E-state index contributed by atoms with van der Waals surface area (Å²) in [5.41, 5.74) is 0. The summed E-state index contributed by atoms with van der Waals surface area (Å²) in [6.45, 7) is 1.75. The molecule has 2 N–H and O–H groups in total. The lowest BCUT2D eigenvalue weighted by molar-refractivity contribution is -0.129. The van der Waals surface area contributed by atoms with E-state index in [-0.39, 0.29) is 18.6 Å². The highest BCUT2D eigenvalue weighted by atomic mass is 16.3. The maximum Gasteiger partial charge on any atom is 0.237 e. The van der Waals surface area contributed by atoms with Gasteiger partial charge in [0, 0.05) is 12.6 Å². The molecule has 118 valence electrons. The predicted molar refractivity (Wildman–Crippen MR) is 80.7 cm³/mol. The molecule has 21 heavy (non-hydrogen) atoms. The minimum atomic E-state index is 0.00865. The molecule has 5 aliphatic rings. The van der Waals surface area contributed by atoms with Gasteiger partial charge in [-0.3, -0.25) is 9.69 Å². The van der Waals surface area contributed by atoms with Crippen LogP contribution in [-0.2, 0) is 4.79 Å². The van der Waals surface area contributed by atoms with Crippen LogP contribution < -0.4 is 5.32 Å². The molecule has 4 saturated carbocycles. The summed E-state index contributed by atoms with van der Waals surface area (Å²) in [6.07, 6.45) is 8.90. The van der Waals surface area contributed by atoms with Crippen LogP contribution in [0.1, 0.15) is 44.9 Å². The van der Waals surface area contributed by atoms with E-state index in [4.69, 9.17) is 5.11 Å². The van der Waals surface area contributed by atoms with Gasteiger partial charge in [-0.1, -0.05) is 0 Å². The molecule has 0 spiro atoms. The van der Waals surface area contributed by atoms with Crippen LogP contribution >= 0.6 is 0 Å². The Morgan fingerprint density at radius 1 is 1.10 bits per heavy atom. The summed E-state index contributed by atoms with van der Waals surface area (Å²) in [6, 6.07) is 0.455. The number of hydrogen-bond donors (Lipinski definition) is 2. The molecule has 0 aromatic heterocycles. The smallest absolute Gasteiger partial charge is 0.237 e. The number of nitrogens with zero attached hydrogens (tertiary/aromatic N) is 1. The number of rotatable bonds is 4. The number of aliphatic hydroxyl groups excluding tert-OH is 1. The number of aliphatic hydroxyl groups is 1. The standard InChI is InChI=1S/C17H28N2O2/c20-5-4-19-3-1-2-15(19)17(21)18-16-13-7-11-6-12(9-13)10-14(16)8-11/h11-16,20H,1-10H2,(H,18,21)/t11?,12?,13?,14?,15-,16?/m1/s1. The zero-order chi connectivity index (χ0) is 14.4. The molecule has 0 radical (unpaired) electrons. The number of likely N-dealkylation sites (tertiary alicyclic amines) is 1. The highest BCUT2D eigenvalue weighted by molar-refractivity contribution is 5.82. The molecular weight excluding hydrogens is 264 g/mol. The van der Waals surface area contributed by atoms with Gasteiger partial charge in [-0.15, -0.1) is 0 Å². The fourth-order valence-electron chi connectivity index (χ4n) is 5.94. The minimum Gasteiger partial charge on any atom is -0.395 e. The van der Waals surface area contributed by atoms with Crippen molar-refractivity contribution in [3.8, 4) is 0 Å². The van der Waals surface area contributed by atoms with Crippen molar-refractivity contribution in [1.82, 2.24) is 10.2 Å². The van der Waals surface area contributed by atoms with E-state index in [0.717, 1.165) is 43.1 Å². The van der Waals surface area contributed by atoms with Crippen LogP contribution in [0.25, 0.3) is 0 Å². The Hall–Kier alpha value is -0.610. The summed E-state index contributed by atoms with van der Waals surface area (Å²) >= 11 is 0. The molecule has 1 amide bonds. The largest absolute Gasteiger partial charge is 0.395 e. The van der Waals surface area contributed by atoms with Gasteiger partial charge in [-0.05, 0) is 75.2 Å². The van der Waals surface area contributed by atoms with Crippen molar-refractivity contribution in [3.05, 3.63) is 0 Å². The van der Waals surface area contributed by atoms with Crippen molar-refractivity contribution in [2.24, 2.45) is 23.7 Å². The molecule has 1 aliphatic heterocycles. The van der Waals surface area contributed by atoms with Crippen LogP contribution in [0.5, 0.6) is 0 Å². The third-order valence-electron chi connectivity index (χ3n) is 6.59. The summed E-state index contributed by atoms with van der Waals surface area (Å²) in [4.78, 5) is 14.8. The Morgan fingerprint density at radius 2 is 1.76 bits per heavy atom. The maximum absolute atomic E-state index is 12.7.